The Bertz CT molecular complexity index is 509. The Hall–Kier alpha value is -1.63. The van der Waals surface area contributed by atoms with Crippen LogP contribution < -0.4 is 10.6 Å². The molecule has 0 aliphatic carbocycles. The molecule has 27 heavy (non-hydrogen) atoms. The molecule has 0 aliphatic heterocycles. The molecule has 0 fully saturated rings. The van der Waals surface area contributed by atoms with Crippen LogP contribution in [-0.4, -0.2) is 52.1 Å². The molecule has 0 unspecified atom stereocenters. The van der Waals surface area contributed by atoms with Gasteiger partial charge < -0.3 is 24.8 Å². The molecule has 2 N–H and O–H groups in total. The van der Waals surface area contributed by atoms with E-state index in [2.05, 4.69) is 46.8 Å². The minimum atomic E-state index is 0.600. The fraction of sp³-hybridized carbons (Fsp3) is 0.667. The van der Waals surface area contributed by atoms with Crippen molar-refractivity contribution >= 4 is 5.96 Å². The smallest absolute Gasteiger partial charge is 0.191 e. The van der Waals surface area contributed by atoms with Crippen LogP contribution in [0.2, 0.25) is 0 Å². The lowest BCUT2D eigenvalue weighted by Gasteiger charge is -2.11. The minimum absolute atomic E-state index is 0.600. The molecule has 0 heterocycles. The first-order chi connectivity index (χ1) is 13.3. The van der Waals surface area contributed by atoms with Gasteiger partial charge in [-0.1, -0.05) is 24.3 Å². The van der Waals surface area contributed by atoms with Gasteiger partial charge in [0.15, 0.2) is 5.96 Å². The summed E-state index contributed by atoms with van der Waals surface area (Å²) in [5, 5.41) is 6.67. The largest absolute Gasteiger partial charge is 0.382 e. The standard InChI is InChI=1S/C21H37N3O3/c1-4-22-21(23-12-7-8-13-25-5-2)24-17-19-10-9-11-20(16-19)18-27-15-14-26-6-3/h9-11,16H,4-8,12-15,17-18H2,1-3H3,(H2,22,23,24). The Morgan fingerprint density at radius 1 is 0.889 bits per heavy atom. The van der Waals surface area contributed by atoms with Crippen molar-refractivity contribution in [3.63, 3.8) is 0 Å². The zero-order chi connectivity index (χ0) is 19.6. The molecule has 0 amide bonds. The van der Waals surface area contributed by atoms with Gasteiger partial charge in [0.25, 0.3) is 0 Å². The molecular weight excluding hydrogens is 342 g/mol. The molecule has 1 aromatic carbocycles. The van der Waals surface area contributed by atoms with E-state index in [1.165, 1.54) is 5.56 Å². The molecule has 0 radical (unpaired) electrons. The highest BCUT2D eigenvalue weighted by Crippen LogP contribution is 2.08. The summed E-state index contributed by atoms with van der Waals surface area (Å²) in [6.07, 6.45) is 2.13. The van der Waals surface area contributed by atoms with Crippen molar-refractivity contribution in [2.75, 3.05) is 46.1 Å². The summed E-state index contributed by atoms with van der Waals surface area (Å²) in [6, 6.07) is 8.38. The molecule has 0 saturated heterocycles. The van der Waals surface area contributed by atoms with Crippen LogP contribution in [0.3, 0.4) is 0 Å². The Morgan fingerprint density at radius 2 is 1.63 bits per heavy atom. The molecule has 6 heteroatoms. The SMILES string of the molecule is CCNC(=NCc1cccc(COCCOCC)c1)NCCCCOCC. The molecule has 0 spiro atoms. The molecular formula is C21H37N3O3. The fourth-order valence-electron chi connectivity index (χ4n) is 2.46. The van der Waals surface area contributed by atoms with Crippen LogP contribution >= 0.6 is 0 Å². The summed E-state index contributed by atoms with van der Waals surface area (Å²) in [7, 11) is 0. The van der Waals surface area contributed by atoms with Gasteiger partial charge in [-0.05, 0) is 44.7 Å². The van der Waals surface area contributed by atoms with E-state index in [1.54, 1.807) is 0 Å². The van der Waals surface area contributed by atoms with Gasteiger partial charge in [0.2, 0.25) is 0 Å². The summed E-state index contributed by atoms with van der Waals surface area (Å²) in [6.45, 7) is 12.7. The van der Waals surface area contributed by atoms with Gasteiger partial charge in [0.05, 0.1) is 26.4 Å². The highest BCUT2D eigenvalue weighted by Gasteiger charge is 2.00. The molecule has 1 aromatic rings. The van der Waals surface area contributed by atoms with E-state index in [1.807, 2.05) is 13.8 Å². The number of rotatable bonds is 15. The first kappa shape index (κ1) is 23.4. The lowest BCUT2D eigenvalue weighted by Crippen LogP contribution is -2.37. The van der Waals surface area contributed by atoms with E-state index in [0.29, 0.717) is 26.4 Å². The fourth-order valence-corrected chi connectivity index (χ4v) is 2.46. The Balaban J connectivity index is 2.40. The van der Waals surface area contributed by atoms with Gasteiger partial charge in [-0.3, -0.25) is 0 Å². The molecule has 154 valence electrons. The third-order valence-corrected chi connectivity index (χ3v) is 3.81. The van der Waals surface area contributed by atoms with Crippen LogP contribution in [0, 0.1) is 0 Å². The van der Waals surface area contributed by atoms with Gasteiger partial charge in [-0.2, -0.15) is 0 Å². The van der Waals surface area contributed by atoms with Crippen LogP contribution in [0.25, 0.3) is 0 Å². The highest BCUT2D eigenvalue weighted by molar-refractivity contribution is 5.79. The summed E-state index contributed by atoms with van der Waals surface area (Å²) in [5.41, 5.74) is 2.34. The van der Waals surface area contributed by atoms with Crippen LogP contribution in [0.4, 0.5) is 0 Å². The summed E-state index contributed by atoms with van der Waals surface area (Å²) in [4.78, 5) is 4.68. The Labute approximate surface area is 164 Å². The molecule has 6 nitrogen and oxygen atoms in total. The van der Waals surface area contributed by atoms with Gasteiger partial charge in [0.1, 0.15) is 0 Å². The van der Waals surface area contributed by atoms with E-state index in [9.17, 15) is 0 Å². The molecule has 0 saturated carbocycles. The van der Waals surface area contributed by atoms with Gasteiger partial charge in [0, 0.05) is 32.9 Å². The normalized spacial score (nSPS) is 11.6. The topological polar surface area (TPSA) is 64.1 Å². The van der Waals surface area contributed by atoms with Gasteiger partial charge >= 0.3 is 0 Å². The number of guanidine groups is 1. The predicted octanol–water partition coefficient (Wildman–Crippen LogP) is 3.11. The third-order valence-electron chi connectivity index (χ3n) is 3.81. The lowest BCUT2D eigenvalue weighted by molar-refractivity contribution is 0.0453. The van der Waals surface area contributed by atoms with Crippen molar-refractivity contribution < 1.29 is 14.2 Å². The van der Waals surface area contributed by atoms with Gasteiger partial charge in [-0.15, -0.1) is 0 Å². The second-order valence-electron chi connectivity index (χ2n) is 6.10. The highest BCUT2D eigenvalue weighted by atomic mass is 16.5. The molecule has 0 bridgehead atoms. The second kappa shape index (κ2) is 16.5. The molecule has 0 aromatic heterocycles. The van der Waals surface area contributed by atoms with Crippen molar-refractivity contribution in [2.45, 2.75) is 46.8 Å². The van der Waals surface area contributed by atoms with Crippen molar-refractivity contribution in [1.29, 1.82) is 0 Å². The van der Waals surface area contributed by atoms with Crippen LogP contribution in [0.5, 0.6) is 0 Å². The van der Waals surface area contributed by atoms with E-state index in [4.69, 9.17) is 14.2 Å². The zero-order valence-electron chi connectivity index (χ0n) is 17.3. The lowest BCUT2D eigenvalue weighted by atomic mass is 10.1. The van der Waals surface area contributed by atoms with Crippen molar-refractivity contribution in [3.8, 4) is 0 Å². The number of nitrogens with zero attached hydrogens (tertiary/aromatic N) is 1. The van der Waals surface area contributed by atoms with Crippen LogP contribution in [0.1, 0.15) is 44.7 Å². The maximum absolute atomic E-state index is 5.64. The van der Waals surface area contributed by atoms with Crippen LogP contribution in [0.15, 0.2) is 29.3 Å². The van der Waals surface area contributed by atoms with E-state index in [0.717, 1.165) is 57.3 Å². The number of aliphatic imine (C=N–C) groups is 1. The molecule has 0 atom stereocenters. The maximum atomic E-state index is 5.64. The summed E-state index contributed by atoms with van der Waals surface area (Å²) >= 11 is 0. The number of benzene rings is 1. The third kappa shape index (κ3) is 12.4. The van der Waals surface area contributed by atoms with E-state index in [-0.39, 0.29) is 0 Å². The minimum Gasteiger partial charge on any atom is -0.382 e. The zero-order valence-corrected chi connectivity index (χ0v) is 17.3. The Kier molecular flexibility index (Phi) is 14.3. The summed E-state index contributed by atoms with van der Waals surface area (Å²) < 4.78 is 16.3. The number of hydrogen-bond donors (Lipinski definition) is 2. The summed E-state index contributed by atoms with van der Waals surface area (Å²) in [5.74, 6) is 0.854. The average Bonchev–Trinajstić information content (AvgIpc) is 2.69. The second-order valence-corrected chi connectivity index (χ2v) is 6.10. The number of ether oxygens (including phenoxy) is 3. The number of nitrogens with one attached hydrogen (secondary N) is 2. The van der Waals surface area contributed by atoms with Crippen molar-refractivity contribution in [3.05, 3.63) is 35.4 Å². The molecule has 1 rings (SSSR count). The van der Waals surface area contributed by atoms with E-state index < -0.39 is 0 Å². The quantitative estimate of drug-likeness (QED) is 0.278. The average molecular weight is 380 g/mol. The molecule has 0 aliphatic rings. The van der Waals surface area contributed by atoms with Crippen molar-refractivity contribution in [2.24, 2.45) is 4.99 Å². The maximum Gasteiger partial charge on any atom is 0.191 e. The Morgan fingerprint density at radius 3 is 2.41 bits per heavy atom. The number of unbranched alkanes of at least 4 members (excludes halogenated alkanes) is 1. The van der Waals surface area contributed by atoms with Gasteiger partial charge in [-0.25, -0.2) is 4.99 Å². The van der Waals surface area contributed by atoms with E-state index >= 15 is 0 Å². The predicted molar refractivity (Wildman–Crippen MR) is 111 cm³/mol. The van der Waals surface area contributed by atoms with Crippen LogP contribution in [-0.2, 0) is 27.4 Å². The number of hydrogen-bond acceptors (Lipinski definition) is 4. The van der Waals surface area contributed by atoms with Crippen molar-refractivity contribution in [1.82, 2.24) is 10.6 Å². The monoisotopic (exact) mass is 379 g/mol. The first-order valence-electron chi connectivity index (χ1n) is 10.1. The first-order valence-corrected chi connectivity index (χ1v) is 10.1.